The van der Waals surface area contributed by atoms with Gasteiger partial charge < -0.3 is 15.5 Å². The van der Waals surface area contributed by atoms with E-state index in [0.717, 1.165) is 22.3 Å². The molecule has 5 nitrogen and oxygen atoms in total. The number of nitrogen functional groups attached to an aromatic ring is 1. The number of fused-ring (bicyclic) bond motifs is 2. The maximum Gasteiger partial charge on any atom is 0.226 e. The number of carbonyl (C=O) groups excluding carboxylic acids is 1. The maximum atomic E-state index is 11.9. The highest BCUT2D eigenvalue weighted by molar-refractivity contribution is 5.94. The van der Waals surface area contributed by atoms with E-state index in [1.54, 1.807) is 6.07 Å². The minimum absolute atomic E-state index is 0.0777. The number of para-hydroxylation sites is 1. The summed E-state index contributed by atoms with van der Waals surface area (Å²) in [4.78, 5) is 16.1. The van der Waals surface area contributed by atoms with Gasteiger partial charge >= 0.3 is 0 Å². The largest absolute Gasteiger partial charge is 0.460 e. The van der Waals surface area contributed by atoms with Gasteiger partial charge in [0.1, 0.15) is 23.0 Å². The summed E-state index contributed by atoms with van der Waals surface area (Å²) in [5.41, 5.74) is 7.44. The fourth-order valence-corrected chi connectivity index (χ4v) is 2.77. The first-order valence-electron chi connectivity index (χ1n) is 6.75. The second kappa shape index (κ2) is 4.34. The number of nitrogens with zero attached hydrogens (tertiary/aromatic N) is 1. The molecule has 0 fully saturated rings. The molecule has 3 N–H and O–H groups in total. The van der Waals surface area contributed by atoms with Crippen LogP contribution in [0.4, 0.5) is 11.6 Å². The van der Waals surface area contributed by atoms with Crippen LogP contribution in [0.5, 0.6) is 0 Å². The first kappa shape index (κ1) is 12.0. The first-order chi connectivity index (χ1) is 10.2. The smallest absolute Gasteiger partial charge is 0.226 e. The molecule has 0 saturated heterocycles. The summed E-state index contributed by atoms with van der Waals surface area (Å²) >= 11 is 0. The number of benzene rings is 1. The van der Waals surface area contributed by atoms with E-state index in [1.165, 1.54) is 0 Å². The highest BCUT2D eigenvalue weighted by Gasteiger charge is 2.30. The van der Waals surface area contributed by atoms with Gasteiger partial charge in [0.15, 0.2) is 0 Å². The Balaban J connectivity index is 1.86. The molecule has 1 aromatic carbocycles. The lowest BCUT2D eigenvalue weighted by molar-refractivity contribution is -0.116. The number of hydrogen-bond donors (Lipinski definition) is 2. The van der Waals surface area contributed by atoms with Crippen molar-refractivity contribution in [3.05, 3.63) is 53.8 Å². The van der Waals surface area contributed by atoms with E-state index < -0.39 is 0 Å². The van der Waals surface area contributed by atoms with E-state index in [-0.39, 0.29) is 11.8 Å². The molecule has 0 bridgehead atoms. The number of nitrogens with one attached hydrogen (secondary N) is 1. The number of aromatic nitrogens is 1. The number of pyridine rings is 1. The zero-order chi connectivity index (χ0) is 14.4. The number of hydrogen-bond acceptors (Lipinski definition) is 4. The van der Waals surface area contributed by atoms with Crippen molar-refractivity contribution < 1.29 is 9.21 Å². The van der Waals surface area contributed by atoms with E-state index in [0.29, 0.717) is 18.1 Å². The predicted molar refractivity (Wildman–Crippen MR) is 80.0 cm³/mol. The number of carbonyl (C=O) groups is 1. The molecule has 21 heavy (non-hydrogen) atoms. The van der Waals surface area contributed by atoms with Gasteiger partial charge in [-0.25, -0.2) is 4.98 Å². The Hall–Kier alpha value is -2.82. The fraction of sp³-hybridized carbons (Fsp3) is 0.125. The normalized spacial score (nSPS) is 17.5. The standard InChI is InChI=1S/C16H13N3O2/c17-14-6-5-10-11(8-15(20)19-16(10)18-14)13-7-9-3-1-2-4-12(9)21-13/h1-7,11H,8H2,(H3,17,18,19,20). The molecule has 0 saturated carbocycles. The van der Waals surface area contributed by atoms with Crippen molar-refractivity contribution in [3.8, 4) is 0 Å². The molecule has 3 heterocycles. The summed E-state index contributed by atoms with van der Waals surface area (Å²) < 4.78 is 5.90. The summed E-state index contributed by atoms with van der Waals surface area (Å²) in [6.45, 7) is 0. The predicted octanol–water partition coefficient (Wildman–Crippen LogP) is 2.88. The Kier molecular flexibility index (Phi) is 2.47. The Morgan fingerprint density at radius 2 is 2.10 bits per heavy atom. The first-order valence-corrected chi connectivity index (χ1v) is 6.75. The Labute approximate surface area is 120 Å². The molecule has 1 aliphatic heterocycles. The zero-order valence-corrected chi connectivity index (χ0v) is 11.2. The third-order valence-corrected chi connectivity index (χ3v) is 3.76. The van der Waals surface area contributed by atoms with Crippen molar-refractivity contribution >= 4 is 28.5 Å². The Morgan fingerprint density at radius 3 is 2.95 bits per heavy atom. The van der Waals surface area contributed by atoms with Crippen molar-refractivity contribution in [3.63, 3.8) is 0 Å². The zero-order valence-electron chi connectivity index (χ0n) is 11.2. The molecular formula is C16H13N3O2. The van der Waals surface area contributed by atoms with Crippen LogP contribution in [-0.2, 0) is 4.79 Å². The average molecular weight is 279 g/mol. The summed E-state index contributed by atoms with van der Waals surface area (Å²) in [6.07, 6.45) is 0.346. The summed E-state index contributed by atoms with van der Waals surface area (Å²) in [5, 5.41) is 3.79. The highest BCUT2D eigenvalue weighted by Crippen LogP contribution is 2.38. The lowest BCUT2D eigenvalue weighted by Gasteiger charge is -2.23. The van der Waals surface area contributed by atoms with Gasteiger partial charge in [-0.05, 0) is 18.2 Å². The molecule has 5 heteroatoms. The van der Waals surface area contributed by atoms with Crippen LogP contribution in [0.15, 0.2) is 46.9 Å². The van der Waals surface area contributed by atoms with E-state index in [4.69, 9.17) is 10.2 Å². The van der Waals surface area contributed by atoms with Crippen LogP contribution in [0.1, 0.15) is 23.7 Å². The van der Waals surface area contributed by atoms with Crippen molar-refractivity contribution in [2.24, 2.45) is 0 Å². The highest BCUT2D eigenvalue weighted by atomic mass is 16.3. The third kappa shape index (κ3) is 1.94. The lowest BCUT2D eigenvalue weighted by atomic mass is 9.90. The molecule has 1 atom stereocenters. The number of furan rings is 1. The van der Waals surface area contributed by atoms with E-state index in [9.17, 15) is 4.79 Å². The van der Waals surface area contributed by atoms with Gasteiger partial charge in [-0.1, -0.05) is 24.3 Å². The SMILES string of the molecule is Nc1ccc2c(n1)NC(=O)CC2c1cc2ccccc2o1. The number of amides is 1. The second-order valence-corrected chi connectivity index (χ2v) is 5.17. The van der Waals surface area contributed by atoms with Crippen LogP contribution in [0.25, 0.3) is 11.0 Å². The van der Waals surface area contributed by atoms with Crippen LogP contribution in [0, 0.1) is 0 Å². The second-order valence-electron chi connectivity index (χ2n) is 5.17. The fourth-order valence-electron chi connectivity index (χ4n) is 2.77. The summed E-state index contributed by atoms with van der Waals surface area (Å²) in [5.74, 6) is 1.48. The van der Waals surface area contributed by atoms with Gasteiger partial charge in [0.05, 0.1) is 5.92 Å². The van der Waals surface area contributed by atoms with Crippen LogP contribution in [0.2, 0.25) is 0 Å². The van der Waals surface area contributed by atoms with E-state index in [2.05, 4.69) is 10.3 Å². The molecule has 4 rings (SSSR count). The van der Waals surface area contributed by atoms with Crippen molar-refractivity contribution in [2.75, 3.05) is 11.1 Å². The minimum atomic E-state index is -0.130. The van der Waals surface area contributed by atoms with Gasteiger partial charge in [0.2, 0.25) is 5.91 Å². The van der Waals surface area contributed by atoms with E-state index >= 15 is 0 Å². The third-order valence-electron chi connectivity index (χ3n) is 3.76. The van der Waals surface area contributed by atoms with Gasteiger partial charge in [-0.15, -0.1) is 0 Å². The molecule has 1 unspecified atom stereocenters. The van der Waals surface area contributed by atoms with Gasteiger partial charge in [-0.3, -0.25) is 4.79 Å². The van der Waals surface area contributed by atoms with Crippen molar-refractivity contribution in [2.45, 2.75) is 12.3 Å². The van der Waals surface area contributed by atoms with Crippen LogP contribution in [0.3, 0.4) is 0 Å². The quantitative estimate of drug-likeness (QED) is 0.717. The minimum Gasteiger partial charge on any atom is -0.460 e. The Morgan fingerprint density at radius 1 is 1.24 bits per heavy atom. The molecule has 0 radical (unpaired) electrons. The number of nitrogens with two attached hydrogens (primary N) is 1. The molecule has 2 aromatic heterocycles. The van der Waals surface area contributed by atoms with Gasteiger partial charge in [0, 0.05) is 17.4 Å². The van der Waals surface area contributed by atoms with Crippen LogP contribution in [-0.4, -0.2) is 10.9 Å². The molecule has 1 amide bonds. The number of rotatable bonds is 1. The van der Waals surface area contributed by atoms with Crippen molar-refractivity contribution in [1.82, 2.24) is 4.98 Å². The summed E-state index contributed by atoms with van der Waals surface area (Å²) in [6, 6.07) is 13.4. The number of anilines is 2. The molecule has 1 aliphatic rings. The van der Waals surface area contributed by atoms with Crippen LogP contribution >= 0.6 is 0 Å². The molecule has 0 spiro atoms. The topological polar surface area (TPSA) is 81.1 Å². The van der Waals surface area contributed by atoms with Crippen molar-refractivity contribution in [1.29, 1.82) is 0 Å². The lowest BCUT2D eigenvalue weighted by Crippen LogP contribution is -2.24. The molecule has 3 aromatic rings. The average Bonchev–Trinajstić information content (AvgIpc) is 2.89. The van der Waals surface area contributed by atoms with E-state index in [1.807, 2.05) is 36.4 Å². The molecular weight excluding hydrogens is 266 g/mol. The van der Waals surface area contributed by atoms with Crippen LogP contribution < -0.4 is 11.1 Å². The summed E-state index contributed by atoms with van der Waals surface area (Å²) in [7, 11) is 0. The maximum absolute atomic E-state index is 11.9. The van der Waals surface area contributed by atoms with Gasteiger partial charge in [-0.2, -0.15) is 0 Å². The molecule has 104 valence electrons. The monoisotopic (exact) mass is 279 g/mol. The Bertz CT molecular complexity index is 821. The molecule has 0 aliphatic carbocycles. The van der Waals surface area contributed by atoms with Gasteiger partial charge in [0.25, 0.3) is 0 Å².